The fourth-order valence-corrected chi connectivity index (χ4v) is 2.66. The third-order valence-corrected chi connectivity index (χ3v) is 3.91. The van der Waals surface area contributed by atoms with Crippen molar-refractivity contribution in [2.75, 3.05) is 31.5 Å². The first-order chi connectivity index (χ1) is 10.6. The SMILES string of the molecule is O=C(NCC(O)CN1CCCCC1)Nc1cccc(Cl)c1F. The maximum atomic E-state index is 13.6. The van der Waals surface area contributed by atoms with Gasteiger partial charge in [0.05, 0.1) is 16.8 Å². The number of aliphatic hydroxyl groups is 1. The van der Waals surface area contributed by atoms with Gasteiger partial charge in [-0.1, -0.05) is 24.1 Å². The fourth-order valence-electron chi connectivity index (χ4n) is 2.48. The molecule has 1 atom stereocenters. The molecule has 0 aromatic heterocycles. The lowest BCUT2D eigenvalue weighted by Crippen LogP contribution is -2.43. The number of hydrogen-bond donors (Lipinski definition) is 3. The summed E-state index contributed by atoms with van der Waals surface area (Å²) in [4.78, 5) is 13.9. The van der Waals surface area contributed by atoms with Gasteiger partial charge < -0.3 is 20.6 Å². The normalized spacial score (nSPS) is 17.0. The molecule has 1 aliphatic rings. The Morgan fingerprint density at radius 2 is 2.09 bits per heavy atom. The molecule has 1 aromatic carbocycles. The van der Waals surface area contributed by atoms with Crippen molar-refractivity contribution in [3.63, 3.8) is 0 Å². The predicted molar refractivity (Wildman–Crippen MR) is 84.7 cm³/mol. The lowest BCUT2D eigenvalue weighted by molar-refractivity contribution is 0.102. The van der Waals surface area contributed by atoms with Gasteiger partial charge in [0.2, 0.25) is 0 Å². The van der Waals surface area contributed by atoms with Gasteiger partial charge in [-0.3, -0.25) is 0 Å². The maximum Gasteiger partial charge on any atom is 0.319 e. The molecule has 1 aromatic rings. The number of benzene rings is 1. The van der Waals surface area contributed by atoms with E-state index in [9.17, 15) is 14.3 Å². The van der Waals surface area contributed by atoms with Crippen LogP contribution in [0, 0.1) is 5.82 Å². The van der Waals surface area contributed by atoms with Gasteiger partial charge in [0, 0.05) is 13.1 Å². The Morgan fingerprint density at radius 3 is 2.82 bits per heavy atom. The number of carbonyl (C=O) groups is 1. The number of anilines is 1. The highest BCUT2D eigenvalue weighted by molar-refractivity contribution is 6.31. The van der Waals surface area contributed by atoms with Gasteiger partial charge in [0.15, 0.2) is 5.82 Å². The topological polar surface area (TPSA) is 64.6 Å². The van der Waals surface area contributed by atoms with E-state index < -0.39 is 18.0 Å². The summed E-state index contributed by atoms with van der Waals surface area (Å²) in [5, 5.41) is 14.8. The van der Waals surface area contributed by atoms with Gasteiger partial charge in [-0.15, -0.1) is 0 Å². The molecule has 2 rings (SSSR count). The van der Waals surface area contributed by atoms with E-state index in [4.69, 9.17) is 11.6 Å². The van der Waals surface area contributed by atoms with E-state index in [1.165, 1.54) is 18.6 Å². The summed E-state index contributed by atoms with van der Waals surface area (Å²) < 4.78 is 13.6. The van der Waals surface area contributed by atoms with Gasteiger partial charge in [-0.25, -0.2) is 9.18 Å². The second-order valence-corrected chi connectivity index (χ2v) is 5.86. The lowest BCUT2D eigenvalue weighted by Gasteiger charge is -2.28. The number of piperidine rings is 1. The number of β-amino-alcohol motifs (C(OH)–C–C–N with tert-alkyl or cyclic N) is 1. The van der Waals surface area contributed by atoms with Crippen molar-refractivity contribution in [1.82, 2.24) is 10.2 Å². The van der Waals surface area contributed by atoms with Crippen molar-refractivity contribution in [1.29, 1.82) is 0 Å². The molecule has 1 saturated heterocycles. The Hall–Kier alpha value is -1.37. The van der Waals surface area contributed by atoms with Gasteiger partial charge in [-0.2, -0.15) is 0 Å². The minimum absolute atomic E-state index is 0.00974. The smallest absolute Gasteiger partial charge is 0.319 e. The minimum Gasteiger partial charge on any atom is -0.390 e. The highest BCUT2D eigenvalue weighted by atomic mass is 35.5. The largest absolute Gasteiger partial charge is 0.390 e. The first-order valence-corrected chi connectivity index (χ1v) is 7.83. The van der Waals surface area contributed by atoms with Crippen LogP contribution < -0.4 is 10.6 Å². The molecule has 0 radical (unpaired) electrons. The van der Waals surface area contributed by atoms with Crippen LogP contribution in [0.2, 0.25) is 5.02 Å². The van der Waals surface area contributed by atoms with Crippen molar-refractivity contribution in [3.05, 3.63) is 29.0 Å². The third kappa shape index (κ3) is 5.12. The standard InChI is InChI=1S/C15H21ClFN3O2/c16-12-5-4-6-13(14(12)17)19-15(22)18-9-11(21)10-20-7-2-1-3-8-20/h4-6,11,21H,1-3,7-10H2,(H2,18,19,22). The molecule has 122 valence electrons. The molecule has 7 heteroatoms. The number of hydrogen-bond acceptors (Lipinski definition) is 3. The average Bonchev–Trinajstić information content (AvgIpc) is 2.51. The molecular weight excluding hydrogens is 309 g/mol. The van der Waals surface area contributed by atoms with Gasteiger partial charge >= 0.3 is 6.03 Å². The van der Waals surface area contributed by atoms with Gasteiger partial charge in [0.1, 0.15) is 0 Å². The average molecular weight is 330 g/mol. The number of likely N-dealkylation sites (tertiary alicyclic amines) is 1. The predicted octanol–water partition coefficient (Wildman–Crippen LogP) is 2.45. The molecule has 5 nitrogen and oxygen atoms in total. The van der Waals surface area contributed by atoms with Crippen LogP contribution in [0.25, 0.3) is 0 Å². The molecule has 3 N–H and O–H groups in total. The van der Waals surface area contributed by atoms with Crippen LogP contribution in [0.4, 0.5) is 14.9 Å². The molecule has 1 unspecified atom stereocenters. The molecule has 2 amide bonds. The summed E-state index contributed by atoms with van der Waals surface area (Å²) in [6.45, 7) is 2.62. The molecule has 0 bridgehead atoms. The quantitative estimate of drug-likeness (QED) is 0.777. The number of aliphatic hydroxyl groups excluding tert-OH is 1. The number of nitrogens with one attached hydrogen (secondary N) is 2. The summed E-state index contributed by atoms with van der Waals surface area (Å²) in [6.07, 6.45) is 2.88. The van der Waals surface area contributed by atoms with Crippen molar-refractivity contribution in [3.8, 4) is 0 Å². The van der Waals surface area contributed by atoms with E-state index in [1.807, 2.05) is 0 Å². The van der Waals surface area contributed by atoms with Crippen molar-refractivity contribution < 1.29 is 14.3 Å². The number of nitrogens with zero attached hydrogens (tertiary/aromatic N) is 1. The zero-order chi connectivity index (χ0) is 15.9. The Morgan fingerprint density at radius 1 is 1.36 bits per heavy atom. The van der Waals surface area contributed by atoms with Crippen molar-refractivity contribution >= 4 is 23.3 Å². The third-order valence-electron chi connectivity index (χ3n) is 3.62. The van der Waals surface area contributed by atoms with E-state index >= 15 is 0 Å². The Labute approximate surface area is 134 Å². The van der Waals surface area contributed by atoms with E-state index in [2.05, 4.69) is 15.5 Å². The molecule has 1 fully saturated rings. The van der Waals surface area contributed by atoms with Gasteiger partial charge in [-0.05, 0) is 38.1 Å². The Bertz CT molecular complexity index is 510. The second kappa shape index (κ2) is 8.31. The number of carbonyl (C=O) groups excluding carboxylic acids is 1. The number of amides is 2. The summed E-state index contributed by atoms with van der Waals surface area (Å²) in [5.41, 5.74) is 0.00974. The summed E-state index contributed by atoms with van der Waals surface area (Å²) >= 11 is 5.64. The van der Waals surface area contributed by atoms with Crippen molar-refractivity contribution in [2.24, 2.45) is 0 Å². The minimum atomic E-state index is -0.673. The lowest BCUT2D eigenvalue weighted by atomic mass is 10.1. The van der Waals surface area contributed by atoms with E-state index in [0.29, 0.717) is 6.54 Å². The van der Waals surface area contributed by atoms with Crippen LogP contribution in [-0.4, -0.2) is 48.3 Å². The Kier molecular flexibility index (Phi) is 6.42. The van der Waals surface area contributed by atoms with Crippen LogP contribution in [0.5, 0.6) is 0 Å². The first-order valence-electron chi connectivity index (χ1n) is 7.45. The van der Waals surface area contributed by atoms with Crippen LogP contribution >= 0.6 is 11.6 Å². The molecular formula is C15H21ClFN3O2. The zero-order valence-corrected chi connectivity index (χ0v) is 13.1. The molecule has 1 heterocycles. The monoisotopic (exact) mass is 329 g/mol. The molecule has 0 aliphatic carbocycles. The fraction of sp³-hybridized carbons (Fsp3) is 0.533. The second-order valence-electron chi connectivity index (χ2n) is 5.45. The summed E-state index contributed by atoms with van der Waals surface area (Å²) in [5.74, 6) is -0.673. The molecule has 1 aliphatic heterocycles. The van der Waals surface area contributed by atoms with Gasteiger partial charge in [0.25, 0.3) is 0 Å². The van der Waals surface area contributed by atoms with E-state index in [0.717, 1.165) is 25.9 Å². The highest BCUT2D eigenvalue weighted by Gasteiger charge is 2.15. The van der Waals surface area contributed by atoms with Crippen LogP contribution in [0.1, 0.15) is 19.3 Å². The molecule has 0 saturated carbocycles. The molecule has 0 spiro atoms. The first kappa shape index (κ1) is 17.0. The van der Waals surface area contributed by atoms with Crippen LogP contribution in [0.15, 0.2) is 18.2 Å². The van der Waals surface area contributed by atoms with E-state index in [-0.39, 0.29) is 17.3 Å². The van der Waals surface area contributed by atoms with Crippen molar-refractivity contribution in [2.45, 2.75) is 25.4 Å². The molecule has 22 heavy (non-hydrogen) atoms. The number of rotatable bonds is 5. The number of halogens is 2. The highest BCUT2D eigenvalue weighted by Crippen LogP contribution is 2.21. The Balaban J connectivity index is 1.73. The summed E-state index contributed by atoms with van der Waals surface area (Å²) in [7, 11) is 0. The van der Waals surface area contributed by atoms with Crippen LogP contribution in [-0.2, 0) is 0 Å². The van der Waals surface area contributed by atoms with E-state index in [1.54, 1.807) is 6.07 Å². The summed E-state index contributed by atoms with van der Waals surface area (Å²) in [6, 6.07) is 3.80. The number of urea groups is 1. The maximum absolute atomic E-state index is 13.6. The zero-order valence-electron chi connectivity index (χ0n) is 12.3. The van der Waals surface area contributed by atoms with Crippen LogP contribution in [0.3, 0.4) is 0 Å².